The molecular weight excluding hydrogens is 160 g/mol. The van der Waals surface area contributed by atoms with Crippen molar-refractivity contribution in [2.45, 2.75) is 26.3 Å². The van der Waals surface area contributed by atoms with Crippen molar-refractivity contribution in [3.05, 3.63) is 30.1 Å². The average molecular weight is 178 g/mol. The van der Waals surface area contributed by atoms with E-state index in [4.69, 9.17) is 0 Å². The molecule has 1 unspecified atom stereocenters. The third-order valence-corrected chi connectivity index (χ3v) is 2.40. The Morgan fingerprint density at radius 1 is 1.54 bits per heavy atom. The van der Waals surface area contributed by atoms with Gasteiger partial charge in [0, 0.05) is 18.4 Å². The number of hydrogen-bond donors (Lipinski definition) is 0. The van der Waals surface area contributed by atoms with Crippen LogP contribution in [0.15, 0.2) is 24.5 Å². The molecule has 1 rings (SSSR count). The van der Waals surface area contributed by atoms with E-state index >= 15 is 0 Å². The number of pyridine rings is 1. The molecule has 2 nitrogen and oxygen atoms in total. The van der Waals surface area contributed by atoms with E-state index in [0.29, 0.717) is 6.04 Å². The fourth-order valence-electron chi connectivity index (χ4n) is 1.42. The van der Waals surface area contributed by atoms with Crippen LogP contribution in [0.3, 0.4) is 0 Å². The maximum absolute atomic E-state index is 4.12. The summed E-state index contributed by atoms with van der Waals surface area (Å²) in [7, 11) is 2.15. The highest BCUT2D eigenvalue weighted by Crippen LogP contribution is 2.16. The van der Waals surface area contributed by atoms with Gasteiger partial charge in [-0.15, -0.1) is 0 Å². The minimum absolute atomic E-state index is 0.466. The smallest absolute Gasteiger partial charge is 0.0332 e. The molecule has 1 heterocycles. The van der Waals surface area contributed by atoms with Crippen LogP contribution in [-0.2, 0) is 0 Å². The van der Waals surface area contributed by atoms with Crippen molar-refractivity contribution >= 4 is 0 Å². The van der Waals surface area contributed by atoms with Gasteiger partial charge in [0.15, 0.2) is 0 Å². The molecule has 0 aliphatic rings. The second-order valence-corrected chi connectivity index (χ2v) is 3.44. The predicted octanol–water partition coefficient (Wildman–Crippen LogP) is 2.48. The quantitative estimate of drug-likeness (QED) is 0.704. The van der Waals surface area contributed by atoms with E-state index in [1.54, 1.807) is 0 Å². The summed E-state index contributed by atoms with van der Waals surface area (Å²) in [5.41, 5.74) is 1.29. The van der Waals surface area contributed by atoms with Crippen LogP contribution in [0.25, 0.3) is 0 Å². The third kappa shape index (κ3) is 2.81. The first kappa shape index (κ1) is 10.2. The summed E-state index contributed by atoms with van der Waals surface area (Å²) in [5.74, 6) is 0. The summed E-state index contributed by atoms with van der Waals surface area (Å²) in [6.45, 7) is 5.55. The van der Waals surface area contributed by atoms with Gasteiger partial charge in [0.25, 0.3) is 0 Å². The van der Waals surface area contributed by atoms with Crippen molar-refractivity contribution in [2.75, 3.05) is 13.6 Å². The Balaban J connectivity index is 2.62. The second-order valence-electron chi connectivity index (χ2n) is 3.44. The van der Waals surface area contributed by atoms with Gasteiger partial charge in [-0.1, -0.05) is 13.0 Å². The lowest BCUT2D eigenvalue weighted by Crippen LogP contribution is -2.23. The van der Waals surface area contributed by atoms with Gasteiger partial charge in [-0.3, -0.25) is 9.88 Å². The number of aromatic nitrogens is 1. The number of rotatable bonds is 4. The highest BCUT2D eigenvalue weighted by molar-refractivity contribution is 5.12. The van der Waals surface area contributed by atoms with Gasteiger partial charge in [0.05, 0.1) is 0 Å². The molecule has 0 aromatic carbocycles. The second kappa shape index (κ2) is 4.97. The Bertz CT molecular complexity index is 233. The van der Waals surface area contributed by atoms with E-state index in [-0.39, 0.29) is 0 Å². The van der Waals surface area contributed by atoms with Crippen LogP contribution < -0.4 is 0 Å². The Morgan fingerprint density at radius 3 is 2.85 bits per heavy atom. The minimum Gasteiger partial charge on any atom is -0.300 e. The van der Waals surface area contributed by atoms with Gasteiger partial charge in [-0.05, 0) is 38.6 Å². The van der Waals surface area contributed by atoms with Gasteiger partial charge >= 0.3 is 0 Å². The van der Waals surface area contributed by atoms with Gasteiger partial charge < -0.3 is 0 Å². The molecule has 0 radical (unpaired) electrons. The van der Waals surface area contributed by atoms with Gasteiger partial charge in [0.2, 0.25) is 0 Å². The highest BCUT2D eigenvalue weighted by Gasteiger charge is 2.09. The van der Waals surface area contributed by atoms with Crippen molar-refractivity contribution in [2.24, 2.45) is 0 Å². The van der Waals surface area contributed by atoms with Crippen molar-refractivity contribution in [1.82, 2.24) is 9.88 Å². The van der Waals surface area contributed by atoms with Gasteiger partial charge in [-0.25, -0.2) is 0 Å². The standard InChI is InChI=1S/C11H18N2/c1-4-8-13(3)10(2)11-6-5-7-12-9-11/h5-7,9-10H,4,8H2,1-3H3. The zero-order valence-corrected chi connectivity index (χ0v) is 8.70. The molecule has 0 spiro atoms. The van der Waals surface area contributed by atoms with Crippen LogP contribution in [0.1, 0.15) is 31.9 Å². The van der Waals surface area contributed by atoms with E-state index in [1.165, 1.54) is 12.0 Å². The van der Waals surface area contributed by atoms with E-state index in [0.717, 1.165) is 6.54 Å². The Morgan fingerprint density at radius 2 is 2.31 bits per heavy atom. The first-order chi connectivity index (χ1) is 6.25. The molecule has 0 amide bonds. The lowest BCUT2D eigenvalue weighted by Gasteiger charge is -2.23. The van der Waals surface area contributed by atoms with E-state index in [2.05, 4.69) is 36.8 Å². The summed E-state index contributed by atoms with van der Waals surface area (Å²) < 4.78 is 0. The van der Waals surface area contributed by atoms with Crippen LogP contribution in [0.4, 0.5) is 0 Å². The molecule has 1 aromatic rings. The molecule has 1 aromatic heterocycles. The summed E-state index contributed by atoms with van der Waals surface area (Å²) in [4.78, 5) is 6.47. The van der Waals surface area contributed by atoms with Crippen molar-refractivity contribution in [1.29, 1.82) is 0 Å². The summed E-state index contributed by atoms with van der Waals surface area (Å²) in [5, 5.41) is 0. The molecule has 1 atom stereocenters. The minimum atomic E-state index is 0.466. The summed E-state index contributed by atoms with van der Waals surface area (Å²) in [6, 6.07) is 4.59. The Hall–Kier alpha value is -0.890. The average Bonchev–Trinajstić information content (AvgIpc) is 2.18. The zero-order chi connectivity index (χ0) is 9.68. The lowest BCUT2D eigenvalue weighted by atomic mass is 10.1. The summed E-state index contributed by atoms with van der Waals surface area (Å²) >= 11 is 0. The molecule has 2 heteroatoms. The SMILES string of the molecule is CCCN(C)C(C)c1cccnc1. The summed E-state index contributed by atoms with van der Waals surface area (Å²) in [6.07, 6.45) is 4.95. The van der Waals surface area contributed by atoms with Crippen LogP contribution in [0.5, 0.6) is 0 Å². The molecular formula is C11H18N2. The normalized spacial score (nSPS) is 13.2. The monoisotopic (exact) mass is 178 g/mol. The van der Waals surface area contributed by atoms with Crippen LogP contribution in [0, 0.1) is 0 Å². The molecule has 0 fully saturated rings. The maximum Gasteiger partial charge on any atom is 0.0332 e. The van der Waals surface area contributed by atoms with Gasteiger partial charge in [-0.2, -0.15) is 0 Å². The first-order valence-electron chi connectivity index (χ1n) is 4.86. The topological polar surface area (TPSA) is 16.1 Å². The van der Waals surface area contributed by atoms with E-state index in [9.17, 15) is 0 Å². The van der Waals surface area contributed by atoms with Crippen molar-refractivity contribution < 1.29 is 0 Å². The molecule has 0 aliphatic carbocycles. The van der Waals surface area contributed by atoms with Crippen LogP contribution in [-0.4, -0.2) is 23.5 Å². The molecule has 0 N–H and O–H groups in total. The zero-order valence-electron chi connectivity index (χ0n) is 8.70. The van der Waals surface area contributed by atoms with Crippen LogP contribution in [0.2, 0.25) is 0 Å². The Labute approximate surface area is 80.6 Å². The third-order valence-electron chi connectivity index (χ3n) is 2.40. The van der Waals surface area contributed by atoms with Crippen molar-refractivity contribution in [3.63, 3.8) is 0 Å². The maximum atomic E-state index is 4.12. The molecule has 0 aliphatic heterocycles. The lowest BCUT2D eigenvalue weighted by molar-refractivity contribution is 0.262. The molecule has 0 bridgehead atoms. The highest BCUT2D eigenvalue weighted by atomic mass is 15.1. The van der Waals surface area contributed by atoms with Crippen LogP contribution >= 0.6 is 0 Å². The fourth-order valence-corrected chi connectivity index (χ4v) is 1.42. The molecule has 13 heavy (non-hydrogen) atoms. The van der Waals surface area contributed by atoms with Crippen molar-refractivity contribution in [3.8, 4) is 0 Å². The van der Waals surface area contributed by atoms with E-state index in [1.807, 2.05) is 18.5 Å². The number of hydrogen-bond acceptors (Lipinski definition) is 2. The molecule has 0 saturated heterocycles. The van der Waals surface area contributed by atoms with E-state index < -0.39 is 0 Å². The fraction of sp³-hybridized carbons (Fsp3) is 0.545. The van der Waals surface area contributed by atoms with Gasteiger partial charge in [0.1, 0.15) is 0 Å². The first-order valence-corrected chi connectivity index (χ1v) is 4.86. The molecule has 72 valence electrons. The Kier molecular flexibility index (Phi) is 3.90. The predicted molar refractivity (Wildman–Crippen MR) is 55.6 cm³/mol. The number of nitrogens with zero attached hydrogens (tertiary/aromatic N) is 2. The largest absolute Gasteiger partial charge is 0.300 e. The molecule has 0 saturated carbocycles.